The van der Waals surface area contributed by atoms with Crippen molar-refractivity contribution in [3.63, 3.8) is 0 Å². The van der Waals surface area contributed by atoms with E-state index >= 15 is 0 Å². The van der Waals surface area contributed by atoms with Crippen LogP contribution in [0, 0.1) is 25.2 Å². The molecule has 0 aliphatic carbocycles. The Hall–Kier alpha value is -2.55. The number of aromatic nitrogens is 1. The van der Waals surface area contributed by atoms with Crippen molar-refractivity contribution < 1.29 is 9.59 Å². The van der Waals surface area contributed by atoms with Crippen LogP contribution >= 0.6 is 0 Å². The Morgan fingerprint density at radius 3 is 2.78 bits per heavy atom. The first-order valence-corrected chi connectivity index (χ1v) is 9.82. The highest BCUT2D eigenvalue weighted by Crippen LogP contribution is 2.18. The summed E-state index contributed by atoms with van der Waals surface area (Å²) in [6, 6.07) is 4.01. The standard InChI is InChI=1S/C21H30N4O2/c1-4-10-25-16(2)13-18(17(25)3)14-19(15-22)21(27)23-9-12-24-11-7-5-6-8-20(24)26/h13-14H,4-12H2,1-3H3,(H,23,27)/b19-14-. The van der Waals surface area contributed by atoms with Crippen LogP contribution in [0.3, 0.4) is 0 Å². The Morgan fingerprint density at radius 2 is 2.07 bits per heavy atom. The van der Waals surface area contributed by atoms with Crippen molar-refractivity contribution in [1.82, 2.24) is 14.8 Å². The van der Waals surface area contributed by atoms with E-state index in [1.54, 1.807) is 11.0 Å². The molecule has 2 amide bonds. The molecule has 1 aliphatic rings. The lowest BCUT2D eigenvalue weighted by atomic mass is 10.1. The smallest absolute Gasteiger partial charge is 0.262 e. The van der Waals surface area contributed by atoms with Gasteiger partial charge in [0.05, 0.1) is 0 Å². The topological polar surface area (TPSA) is 78.1 Å². The third kappa shape index (κ3) is 5.46. The second kappa shape index (κ2) is 9.96. The van der Waals surface area contributed by atoms with E-state index in [9.17, 15) is 14.9 Å². The maximum absolute atomic E-state index is 12.4. The van der Waals surface area contributed by atoms with Crippen LogP contribution in [0.25, 0.3) is 6.08 Å². The van der Waals surface area contributed by atoms with Gasteiger partial charge in [0.15, 0.2) is 0 Å². The normalized spacial score (nSPS) is 15.4. The van der Waals surface area contributed by atoms with Crippen LogP contribution in [0.2, 0.25) is 0 Å². The van der Waals surface area contributed by atoms with Gasteiger partial charge in [0.25, 0.3) is 5.91 Å². The second-order valence-electron chi connectivity index (χ2n) is 7.10. The molecular formula is C21H30N4O2. The average molecular weight is 370 g/mol. The van der Waals surface area contributed by atoms with Gasteiger partial charge in [0.2, 0.25) is 5.91 Å². The van der Waals surface area contributed by atoms with Crippen molar-refractivity contribution in [3.05, 3.63) is 28.6 Å². The lowest BCUT2D eigenvalue weighted by molar-refractivity contribution is -0.131. The molecule has 0 unspecified atom stereocenters. The van der Waals surface area contributed by atoms with Crippen molar-refractivity contribution in [2.45, 2.75) is 59.4 Å². The predicted molar refractivity (Wildman–Crippen MR) is 106 cm³/mol. The molecule has 146 valence electrons. The van der Waals surface area contributed by atoms with E-state index in [4.69, 9.17) is 0 Å². The van der Waals surface area contributed by atoms with Crippen LogP contribution in [0.15, 0.2) is 11.6 Å². The molecule has 2 heterocycles. The Labute approximate surface area is 161 Å². The van der Waals surface area contributed by atoms with Gasteiger partial charge in [-0.3, -0.25) is 9.59 Å². The van der Waals surface area contributed by atoms with E-state index in [1.165, 1.54) is 0 Å². The lowest BCUT2D eigenvalue weighted by Crippen LogP contribution is -2.38. The fraction of sp³-hybridized carbons (Fsp3) is 0.571. The molecule has 1 fully saturated rings. The van der Waals surface area contributed by atoms with Gasteiger partial charge in [0.1, 0.15) is 11.6 Å². The van der Waals surface area contributed by atoms with Gasteiger partial charge in [-0.1, -0.05) is 13.3 Å². The Morgan fingerprint density at radius 1 is 1.30 bits per heavy atom. The van der Waals surface area contributed by atoms with Gasteiger partial charge in [-0.2, -0.15) is 5.26 Å². The first-order valence-electron chi connectivity index (χ1n) is 9.82. The van der Waals surface area contributed by atoms with Gasteiger partial charge >= 0.3 is 0 Å². The number of nitriles is 1. The van der Waals surface area contributed by atoms with Gasteiger partial charge in [0, 0.05) is 44.0 Å². The van der Waals surface area contributed by atoms with Crippen molar-refractivity contribution in [1.29, 1.82) is 5.26 Å². The number of rotatable bonds is 7. The average Bonchev–Trinajstić information content (AvgIpc) is 2.79. The minimum absolute atomic E-state index is 0.0916. The quantitative estimate of drug-likeness (QED) is 0.592. The number of amides is 2. The minimum Gasteiger partial charge on any atom is -0.350 e. The fourth-order valence-electron chi connectivity index (χ4n) is 3.52. The molecule has 2 rings (SSSR count). The molecule has 0 spiro atoms. The first-order chi connectivity index (χ1) is 13.0. The van der Waals surface area contributed by atoms with Crippen molar-refractivity contribution in [3.8, 4) is 6.07 Å². The molecule has 6 heteroatoms. The first kappa shape index (κ1) is 20.8. The zero-order valence-corrected chi connectivity index (χ0v) is 16.7. The van der Waals surface area contributed by atoms with E-state index < -0.39 is 0 Å². The van der Waals surface area contributed by atoms with E-state index in [0.717, 1.165) is 55.7 Å². The summed E-state index contributed by atoms with van der Waals surface area (Å²) in [6.45, 7) is 8.68. The number of carbonyl (C=O) groups excluding carboxylic acids is 2. The Balaban J connectivity index is 1.99. The molecule has 0 bridgehead atoms. The van der Waals surface area contributed by atoms with Gasteiger partial charge in [-0.15, -0.1) is 0 Å². The highest BCUT2D eigenvalue weighted by atomic mass is 16.2. The lowest BCUT2D eigenvalue weighted by Gasteiger charge is -2.20. The van der Waals surface area contributed by atoms with E-state index in [0.29, 0.717) is 19.5 Å². The summed E-state index contributed by atoms with van der Waals surface area (Å²) in [7, 11) is 0. The molecule has 1 saturated heterocycles. The Bertz CT molecular complexity index is 755. The molecule has 6 nitrogen and oxygen atoms in total. The van der Waals surface area contributed by atoms with Crippen LogP contribution in [0.4, 0.5) is 0 Å². The maximum Gasteiger partial charge on any atom is 0.262 e. The van der Waals surface area contributed by atoms with Crippen molar-refractivity contribution >= 4 is 17.9 Å². The predicted octanol–water partition coefficient (Wildman–Crippen LogP) is 2.94. The number of nitrogens with one attached hydrogen (secondary N) is 1. The zero-order chi connectivity index (χ0) is 19.8. The van der Waals surface area contributed by atoms with Crippen molar-refractivity contribution in [2.75, 3.05) is 19.6 Å². The highest BCUT2D eigenvalue weighted by Gasteiger charge is 2.17. The van der Waals surface area contributed by atoms with Crippen LogP contribution in [0.1, 0.15) is 56.0 Å². The second-order valence-corrected chi connectivity index (χ2v) is 7.10. The third-order valence-corrected chi connectivity index (χ3v) is 5.06. The molecule has 1 aromatic heterocycles. The van der Waals surface area contributed by atoms with Crippen LogP contribution in [-0.2, 0) is 16.1 Å². The summed E-state index contributed by atoms with van der Waals surface area (Å²) in [5.41, 5.74) is 3.17. The number of nitrogens with zero attached hydrogens (tertiary/aromatic N) is 3. The summed E-state index contributed by atoms with van der Waals surface area (Å²) in [4.78, 5) is 26.2. The Kier molecular flexibility index (Phi) is 7.66. The monoisotopic (exact) mass is 370 g/mol. The highest BCUT2D eigenvalue weighted by molar-refractivity contribution is 6.01. The zero-order valence-electron chi connectivity index (χ0n) is 16.7. The number of hydrogen-bond acceptors (Lipinski definition) is 3. The van der Waals surface area contributed by atoms with Crippen LogP contribution in [-0.4, -0.2) is 40.9 Å². The fourth-order valence-corrected chi connectivity index (χ4v) is 3.52. The summed E-state index contributed by atoms with van der Waals surface area (Å²) in [6.07, 6.45) is 6.30. The largest absolute Gasteiger partial charge is 0.350 e. The summed E-state index contributed by atoms with van der Waals surface area (Å²) in [5, 5.41) is 12.2. The van der Waals surface area contributed by atoms with Gasteiger partial charge in [-0.05, 0) is 50.8 Å². The number of aryl methyl sites for hydroxylation is 1. The molecule has 0 aromatic carbocycles. The van der Waals surface area contributed by atoms with E-state index in [-0.39, 0.29) is 17.4 Å². The minimum atomic E-state index is -0.389. The van der Waals surface area contributed by atoms with E-state index in [1.807, 2.05) is 26.0 Å². The molecule has 1 N–H and O–H groups in total. The summed E-state index contributed by atoms with van der Waals surface area (Å²) >= 11 is 0. The summed E-state index contributed by atoms with van der Waals surface area (Å²) in [5.74, 6) is -0.235. The number of likely N-dealkylation sites (tertiary alicyclic amines) is 1. The third-order valence-electron chi connectivity index (χ3n) is 5.06. The molecule has 27 heavy (non-hydrogen) atoms. The molecular weight excluding hydrogens is 340 g/mol. The SMILES string of the molecule is CCCn1c(C)cc(/C=C(/C#N)C(=O)NCCN2CCCCCC2=O)c1C. The molecule has 0 radical (unpaired) electrons. The summed E-state index contributed by atoms with van der Waals surface area (Å²) < 4.78 is 2.20. The molecule has 1 aliphatic heterocycles. The molecule has 0 saturated carbocycles. The van der Waals surface area contributed by atoms with Gasteiger partial charge < -0.3 is 14.8 Å². The van der Waals surface area contributed by atoms with Crippen LogP contribution < -0.4 is 5.32 Å². The van der Waals surface area contributed by atoms with Crippen LogP contribution in [0.5, 0.6) is 0 Å². The molecule has 0 atom stereocenters. The maximum atomic E-state index is 12.4. The number of carbonyl (C=O) groups is 2. The van der Waals surface area contributed by atoms with Gasteiger partial charge in [-0.25, -0.2) is 0 Å². The number of hydrogen-bond donors (Lipinski definition) is 1. The molecule has 1 aromatic rings. The van der Waals surface area contributed by atoms with E-state index in [2.05, 4.69) is 16.8 Å². The van der Waals surface area contributed by atoms with Crippen molar-refractivity contribution in [2.24, 2.45) is 0 Å².